The number of hydrogen-bond acceptors (Lipinski definition) is 3. The van der Waals surface area contributed by atoms with Crippen molar-refractivity contribution in [3.63, 3.8) is 0 Å². The van der Waals surface area contributed by atoms with Crippen molar-refractivity contribution in [3.8, 4) is 0 Å². The Kier molecular flexibility index (Phi) is 2.35. The summed E-state index contributed by atoms with van der Waals surface area (Å²) in [5.41, 5.74) is 6.48. The maximum atomic E-state index is 14.0. The maximum absolute atomic E-state index is 14.0. The summed E-state index contributed by atoms with van der Waals surface area (Å²) in [7, 11) is 0. The Hall–Kier alpha value is -1.84. The van der Waals surface area contributed by atoms with Crippen LogP contribution in [0.25, 0.3) is 10.8 Å². The van der Waals surface area contributed by atoms with Gasteiger partial charge >= 0.3 is 0 Å². The molecule has 2 N–H and O–H groups in total. The van der Waals surface area contributed by atoms with E-state index in [2.05, 4.69) is 9.88 Å². The number of aromatic nitrogens is 1. The molecule has 1 aromatic carbocycles. The van der Waals surface area contributed by atoms with Gasteiger partial charge in [0.2, 0.25) is 0 Å². The maximum Gasteiger partial charge on any atom is 0.139 e. The molecule has 1 aliphatic heterocycles. The van der Waals surface area contributed by atoms with Crippen LogP contribution < -0.4 is 10.6 Å². The average Bonchev–Trinajstić information content (AvgIpc) is 2.87. The zero-order valence-electron chi connectivity index (χ0n) is 9.49. The van der Waals surface area contributed by atoms with E-state index in [1.165, 1.54) is 6.07 Å². The minimum Gasteiger partial charge on any atom is -0.398 e. The molecule has 2 aromatic rings. The van der Waals surface area contributed by atoms with E-state index in [9.17, 15) is 4.39 Å². The number of hydrogen-bond donors (Lipinski definition) is 1. The molecule has 0 aliphatic carbocycles. The van der Waals surface area contributed by atoms with Crippen molar-refractivity contribution in [2.45, 2.75) is 12.8 Å². The Bertz CT molecular complexity index is 562. The van der Waals surface area contributed by atoms with E-state index in [4.69, 9.17) is 5.73 Å². The number of benzene rings is 1. The first-order valence-corrected chi connectivity index (χ1v) is 5.85. The molecule has 0 radical (unpaired) electrons. The molecular weight excluding hydrogens is 217 g/mol. The van der Waals surface area contributed by atoms with Crippen molar-refractivity contribution in [2.75, 3.05) is 23.7 Å². The third-order valence-electron chi connectivity index (χ3n) is 3.30. The fourth-order valence-corrected chi connectivity index (χ4v) is 2.43. The normalized spacial score (nSPS) is 15.7. The van der Waals surface area contributed by atoms with Crippen molar-refractivity contribution in [2.24, 2.45) is 0 Å². The molecular formula is C13H14FN3. The molecule has 1 saturated heterocycles. The number of anilines is 2. The third-order valence-corrected chi connectivity index (χ3v) is 3.30. The van der Waals surface area contributed by atoms with Gasteiger partial charge in [-0.05, 0) is 31.0 Å². The monoisotopic (exact) mass is 231 g/mol. The molecule has 1 aromatic heterocycles. The van der Waals surface area contributed by atoms with E-state index in [1.807, 2.05) is 0 Å². The molecule has 4 heteroatoms. The van der Waals surface area contributed by atoms with Gasteiger partial charge in [-0.25, -0.2) is 9.37 Å². The summed E-state index contributed by atoms with van der Waals surface area (Å²) < 4.78 is 14.0. The molecule has 1 aliphatic rings. The van der Waals surface area contributed by atoms with Crippen molar-refractivity contribution in [1.82, 2.24) is 4.98 Å². The zero-order valence-corrected chi connectivity index (χ0v) is 9.49. The molecule has 0 bridgehead atoms. The number of nitrogens with zero attached hydrogens (tertiary/aromatic N) is 2. The fourth-order valence-electron chi connectivity index (χ4n) is 2.43. The first-order valence-electron chi connectivity index (χ1n) is 5.85. The topological polar surface area (TPSA) is 42.1 Å². The van der Waals surface area contributed by atoms with E-state index in [-0.39, 0.29) is 5.82 Å². The molecule has 2 heterocycles. The van der Waals surface area contributed by atoms with Crippen LogP contribution in [-0.4, -0.2) is 18.1 Å². The number of halogens is 1. The van der Waals surface area contributed by atoms with Crippen LogP contribution in [0.2, 0.25) is 0 Å². The summed E-state index contributed by atoms with van der Waals surface area (Å²) in [6, 6.07) is 4.79. The van der Waals surface area contributed by atoms with Gasteiger partial charge < -0.3 is 10.6 Å². The average molecular weight is 231 g/mol. The highest BCUT2D eigenvalue weighted by atomic mass is 19.1. The van der Waals surface area contributed by atoms with E-state index in [0.29, 0.717) is 11.1 Å². The smallest absolute Gasteiger partial charge is 0.139 e. The van der Waals surface area contributed by atoms with Crippen molar-refractivity contribution in [3.05, 3.63) is 30.2 Å². The SMILES string of the molecule is Nc1ccc(F)c2c(N3CCCC3)nccc12. The van der Waals surface area contributed by atoms with E-state index < -0.39 is 0 Å². The van der Waals surface area contributed by atoms with Crippen LogP contribution in [0.15, 0.2) is 24.4 Å². The minimum absolute atomic E-state index is 0.246. The number of fused-ring (bicyclic) bond motifs is 1. The summed E-state index contributed by atoms with van der Waals surface area (Å²) in [6.07, 6.45) is 3.98. The highest BCUT2D eigenvalue weighted by Gasteiger charge is 2.18. The van der Waals surface area contributed by atoms with Crippen molar-refractivity contribution in [1.29, 1.82) is 0 Å². The second kappa shape index (κ2) is 3.87. The highest BCUT2D eigenvalue weighted by Crippen LogP contribution is 2.32. The zero-order chi connectivity index (χ0) is 11.8. The van der Waals surface area contributed by atoms with Gasteiger partial charge in [-0.3, -0.25) is 0 Å². The van der Waals surface area contributed by atoms with E-state index >= 15 is 0 Å². The third kappa shape index (κ3) is 1.60. The fraction of sp³-hybridized carbons (Fsp3) is 0.308. The molecule has 0 saturated carbocycles. The van der Waals surface area contributed by atoms with Crippen LogP contribution in [0.4, 0.5) is 15.9 Å². The molecule has 0 amide bonds. The lowest BCUT2D eigenvalue weighted by Crippen LogP contribution is -2.19. The van der Waals surface area contributed by atoms with Gasteiger partial charge in [-0.2, -0.15) is 0 Å². The van der Waals surface area contributed by atoms with Gasteiger partial charge in [0, 0.05) is 30.4 Å². The second-order valence-electron chi connectivity index (χ2n) is 4.39. The lowest BCUT2D eigenvalue weighted by Gasteiger charge is -2.19. The lowest BCUT2D eigenvalue weighted by atomic mass is 10.1. The van der Waals surface area contributed by atoms with Gasteiger partial charge in [0.25, 0.3) is 0 Å². The first-order chi connectivity index (χ1) is 8.27. The van der Waals surface area contributed by atoms with Gasteiger partial charge in [-0.1, -0.05) is 0 Å². The molecule has 3 rings (SSSR count). The predicted molar refractivity (Wildman–Crippen MR) is 67.6 cm³/mol. The standard InChI is InChI=1S/C13H14FN3/c14-10-3-4-11(15)9-5-6-16-13(12(9)10)17-7-1-2-8-17/h3-6H,1-2,7-8,15H2. The number of nitrogens with two attached hydrogens (primary N) is 1. The Labute approximate surface area is 99.1 Å². The quantitative estimate of drug-likeness (QED) is 0.767. The van der Waals surface area contributed by atoms with Gasteiger partial charge in [0.05, 0.1) is 5.39 Å². The van der Waals surface area contributed by atoms with Crippen LogP contribution in [-0.2, 0) is 0 Å². The van der Waals surface area contributed by atoms with Crippen LogP contribution in [0.5, 0.6) is 0 Å². The van der Waals surface area contributed by atoms with E-state index in [1.54, 1.807) is 18.3 Å². The molecule has 3 nitrogen and oxygen atoms in total. The number of rotatable bonds is 1. The van der Waals surface area contributed by atoms with Gasteiger partial charge in [0.1, 0.15) is 11.6 Å². The Morgan fingerprint density at radius 3 is 2.71 bits per heavy atom. The Morgan fingerprint density at radius 2 is 1.94 bits per heavy atom. The van der Waals surface area contributed by atoms with Crippen LogP contribution in [0.3, 0.4) is 0 Å². The summed E-state index contributed by atoms with van der Waals surface area (Å²) in [5, 5.41) is 1.30. The van der Waals surface area contributed by atoms with E-state index in [0.717, 1.165) is 37.1 Å². The minimum atomic E-state index is -0.246. The van der Waals surface area contributed by atoms with Crippen molar-refractivity contribution >= 4 is 22.3 Å². The molecule has 0 spiro atoms. The molecule has 88 valence electrons. The molecule has 0 atom stereocenters. The van der Waals surface area contributed by atoms with Crippen LogP contribution in [0, 0.1) is 5.82 Å². The predicted octanol–water partition coefficient (Wildman–Crippen LogP) is 2.56. The first kappa shape index (κ1) is 10.3. The summed E-state index contributed by atoms with van der Waals surface area (Å²) in [6.45, 7) is 1.89. The summed E-state index contributed by atoms with van der Waals surface area (Å²) in [4.78, 5) is 6.45. The number of nitrogen functional groups attached to an aromatic ring is 1. The molecule has 17 heavy (non-hydrogen) atoms. The summed E-state index contributed by atoms with van der Waals surface area (Å²) >= 11 is 0. The molecule has 1 fully saturated rings. The second-order valence-corrected chi connectivity index (χ2v) is 4.39. The van der Waals surface area contributed by atoms with Gasteiger partial charge in [-0.15, -0.1) is 0 Å². The Morgan fingerprint density at radius 1 is 1.18 bits per heavy atom. The lowest BCUT2D eigenvalue weighted by molar-refractivity contribution is 0.639. The Balaban J connectivity index is 2.27. The highest BCUT2D eigenvalue weighted by molar-refractivity contribution is 5.99. The number of pyridine rings is 1. The van der Waals surface area contributed by atoms with Crippen LogP contribution >= 0.6 is 0 Å². The summed E-state index contributed by atoms with van der Waals surface area (Å²) in [5.74, 6) is 0.481. The van der Waals surface area contributed by atoms with Crippen LogP contribution in [0.1, 0.15) is 12.8 Å². The molecule has 0 unspecified atom stereocenters. The largest absolute Gasteiger partial charge is 0.398 e. The van der Waals surface area contributed by atoms with Gasteiger partial charge in [0.15, 0.2) is 0 Å². The van der Waals surface area contributed by atoms with Crippen molar-refractivity contribution < 1.29 is 4.39 Å².